The molecule has 0 amide bonds. The largest absolute Gasteiger partial charge is 0.462 e. The van der Waals surface area contributed by atoms with Gasteiger partial charge in [0.05, 0.1) is 12.3 Å². The quantitative estimate of drug-likeness (QED) is 0.305. The van der Waals surface area contributed by atoms with Crippen LogP contribution >= 0.6 is 0 Å². The predicted molar refractivity (Wildman–Crippen MR) is 98.1 cm³/mol. The maximum Gasteiger partial charge on any atom is 0.341 e. The lowest BCUT2D eigenvalue weighted by Crippen LogP contribution is -2.13. The molecule has 4 heteroatoms. The van der Waals surface area contributed by atoms with Crippen molar-refractivity contribution < 1.29 is 14.3 Å². The van der Waals surface area contributed by atoms with E-state index in [1.165, 1.54) is 6.92 Å². The van der Waals surface area contributed by atoms with Crippen molar-refractivity contribution in [1.29, 1.82) is 0 Å². The summed E-state index contributed by atoms with van der Waals surface area (Å²) >= 11 is 0. The number of ketones is 1. The lowest BCUT2D eigenvalue weighted by Gasteiger charge is -2.07. The van der Waals surface area contributed by atoms with Crippen LogP contribution in [-0.2, 0) is 14.3 Å². The Morgan fingerprint density at radius 3 is 2.48 bits per heavy atom. The smallest absolute Gasteiger partial charge is 0.341 e. The van der Waals surface area contributed by atoms with Crippen molar-refractivity contribution in [3.8, 4) is 11.1 Å². The highest BCUT2D eigenvalue weighted by Crippen LogP contribution is 2.29. The third-order valence-corrected chi connectivity index (χ3v) is 3.96. The average Bonchev–Trinajstić information content (AvgIpc) is 2.99. The molecule has 25 heavy (non-hydrogen) atoms. The Hall–Kier alpha value is -3.14. The van der Waals surface area contributed by atoms with Gasteiger partial charge in [0.1, 0.15) is 5.57 Å². The number of pyridine rings is 1. The summed E-state index contributed by atoms with van der Waals surface area (Å²) in [5.41, 5.74) is 3.78. The van der Waals surface area contributed by atoms with Crippen molar-refractivity contribution in [2.45, 2.75) is 13.8 Å². The molecule has 0 saturated carbocycles. The normalized spacial score (nSPS) is 11.5. The number of hydrogen-bond donors (Lipinski definition) is 0. The van der Waals surface area contributed by atoms with Gasteiger partial charge in [-0.05, 0) is 43.7 Å². The van der Waals surface area contributed by atoms with Gasteiger partial charge >= 0.3 is 5.97 Å². The minimum atomic E-state index is -0.597. The van der Waals surface area contributed by atoms with Crippen LogP contribution in [0.1, 0.15) is 19.5 Å². The average molecular weight is 333 g/mol. The first-order valence-corrected chi connectivity index (χ1v) is 8.17. The molecule has 0 bridgehead atoms. The Morgan fingerprint density at radius 1 is 1.08 bits per heavy atom. The van der Waals surface area contributed by atoms with Crippen molar-refractivity contribution in [2.75, 3.05) is 6.61 Å². The number of carbonyl (C=O) groups is 2. The van der Waals surface area contributed by atoms with E-state index in [1.807, 2.05) is 65.2 Å². The molecule has 0 unspecified atom stereocenters. The van der Waals surface area contributed by atoms with Crippen molar-refractivity contribution in [3.05, 3.63) is 72.1 Å². The highest BCUT2D eigenvalue weighted by atomic mass is 16.5. The highest BCUT2D eigenvalue weighted by Gasteiger charge is 2.18. The molecule has 126 valence electrons. The van der Waals surface area contributed by atoms with E-state index in [9.17, 15) is 9.59 Å². The number of Topliss-reactive ketones (excluding diaryl/α,β-unsaturated/α-hetero) is 1. The minimum Gasteiger partial charge on any atom is -0.462 e. The monoisotopic (exact) mass is 333 g/mol. The van der Waals surface area contributed by atoms with Gasteiger partial charge in [0.2, 0.25) is 0 Å². The van der Waals surface area contributed by atoms with Gasteiger partial charge in [0.25, 0.3) is 0 Å². The van der Waals surface area contributed by atoms with Crippen molar-refractivity contribution in [2.24, 2.45) is 0 Å². The summed E-state index contributed by atoms with van der Waals surface area (Å²) < 4.78 is 7.00. The SMILES string of the molecule is CCOC(=O)/C(=C/c1c(-c2ccccc2)cc2ccccn12)C(C)=O. The summed E-state index contributed by atoms with van der Waals surface area (Å²) in [7, 11) is 0. The van der Waals surface area contributed by atoms with E-state index in [0.717, 1.165) is 22.3 Å². The zero-order chi connectivity index (χ0) is 17.8. The number of nitrogens with zero attached hydrogens (tertiary/aromatic N) is 1. The number of carbonyl (C=O) groups excluding carboxylic acids is 2. The lowest BCUT2D eigenvalue weighted by molar-refractivity contribution is -0.139. The molecule has 3 aromatic rings. The molecule has 0 atom stereocenters. The van der Waals surface area contributed by atoms with Gasteiger partial charge in [-0.3, -0.25) is 4.79 Å². The summed E-state index contributed by atoms with van der Waals surface area (Å²) in [6.07, 6.45) is 3.53. The van der Waals surface area contributed by atoms with Gasteiger partial charge in [-0.2, -0.15) is 0 Å². The summed E-state index contributed by atoms with van der Waals surface area (Å²) in [6.45, 7) is 3.32. The molecule has 0 aliphatic rings. The first kappa shape index (κ1) is 16.7. The molecule has 0 N–H and O–H groups in total. The van der Waals surface area contributed by atoms with E-state index in [2.05, 4.69) is 0 Å². The molecule has 0 spiro atoms. The molecule has 0 fully saturated rings. The first-order valence-electron chi connectivity index (χ1n) is 8.17. The third kappa shape index (κ3) is 3.38. The molecule has 0 aliphatic carbocycles. The van der Waals surface area contributed by atoms with Gasteiger partial charge < -0.3 is 9.14 Å². The van der Waals surface area contributed by atoms with Gasteiger partial charge in [-0.25, -0.2) is 4.79 Å². The fourth-order valence-electron chi connectivity index (χ4n) is 2.79. The zero-order valence-electron chi connectivity index (χ0n) is 14.2. The van der Waals surface area contributed by atoms with E-state index in [4.69, 9.17) is 4.74 Å². The Morgan fingerprint density at radius 2 is 1.80 bits per heavy atom. The predicted octanol–water partition coefficient (Wildman–Crippen LogP) is 4.14. The molecule has 2 heterocycles. The van der Waals surface area contributed by atoms with Crippen LogP contribution in [0.25, 0.3) is 22.7 Å². The van der Waals surface area contributed by atoms with Crippen LogP contribution in [0.15, 0.2) is 66.4 Å². The molecule has 4 nitrogen and oxygen atoms in total. The number of ether oxygens (including phenoxy) is 1. The summed E-state index contributed by atoms with van der Waals surface area (Å²) in [5.74, 6) is -0.914. The number of hydrogen-bond acceptors (Lipinski definition) is 3. The van der Waals surface area contributed by atoms with Crippen LogP contribution in [-0.4, -0.2) is 22.8 Å². The second-order valence-electron chi connectivity index (χ2n) is 5.64. The number of aromatic nitrogens is 1. The molecule has 0 saturated heterocycles. The Balaban J connectivity index is 2.25. The van der Waals surface area contributed by atoms with Crippen LogP contribution < -0.4 is 0 Å². The highest BCUT2D eigenvalue weighted by molar-refractivity contribution is 6.20. The second kappa shape index (κ2) is 7.18. The molecule has 0 aliphatic heterocycles. The van der Waals surface area contributed by atoms with E-state index in [-0.39, 0.29) is 18.0 Å². The second-order valence-corrected chi connectivity index (χ2v) is 5.64. The standard InChI is InChI=1S/C21H19NO3/c1-3-25-21(24)18(15(2)23)14-20-19(16-9-5-4-6-10-16)13-17-11-7-8-12-22(17)20/h4-14H,3H2,1-2H3/b18-14+. The lowest BCUT2D eigenvalue weighted by atomic mass is 10.0. The molecule has 1 aromatic carbocycles. The number of fused-ring (bicyclic) bond motifs is 1. The summed E-state index contributed by atoms with van der Waals surface area (Å²) in [4.78, 5) is 24.2. The first-order chi connectivity index (χ1) is 12.1. The fraction of sp³-hybridized carbons (Fsp3) is 0.143. The number of rotatable bonds is 5. The van der Waals surface area contributed by atoms with Crippen LogP contribution in [0.3, 0.4) is 0 Å². The van der Waals surface area contributed by atoms with Gasteiger partial charge in [-0.15, -0.1) is 0 Å². The van der Waals surface area contributed by atoms with Gasteiger partial charge in [-0.1, -0.05) is 36.4 Å². The molecule has 0 radical (unpaired) electrons. The molecular formula is C21H19NO3. The van der Waals surface area contributed by atoms with Gasteiger partial charge in [0, 0.05) is 17.3 Å². The maximum absolute atomic E-state index is 12.2. The van der Waals surface area contributed by atoms with E-state index in [1.54, 1.807) is 13.0 Å². The minimum absolute atomic E-state index is 0.0443. The molecular weight excluding hydrogens is 314 g/mol. The van der Waals surface area contributed by atoms with E-state index < -0.39 is 5.97 Å². The number of esters is 1. The van der Waals surface area contributed by atoms with Crippen LogP contribution in [0.4, 0.5) is 0 Å². The van der Waals surface area contributed by atoms with E-state index in [0.29, 0.717) is 0 Å². The van der Waals surface area contributed by atoms with Crippen LogP contribution in [0, 0.1) is 0 Å². The Bertz CT molecular complexity index is 952. The van der Waals surface area contributed by atoms with Crippen molar-refractivity contribution in [3.63, 3.8) is 0 Å². The third-order valence-electron chi connectivity index (χ3n) is 3.96. The topological polar surface area (TPSA) is 47.8 Å². The summed E-state index contributed by atoms with van der Waals surface area (Å²) in [5, 5.41) is 0. The fourth-order valence-corrected chi connectivity index (χ4v) is 2.79. The van der Waals surface area contributed by atoms with Crippen LogP contribution in [0.2, 0.25) is 0 Å². The Kier molecular flexibility index (Phi) is 4.80. The molecule has 2 aromatic heterocycles. The Labute approximate surface area is 146 Å². The maximum atomic E-state index is 12.2. The summed E-state index contributed by atoms with van der Waals surface area (Å²) in [6, 6.07) is 17.8. The van der Waals surface area contributed by atoms with Crippen molar-refractivity contribution >= 4 is 23.3 Å². The molecule has 3 rings (SSSR count). The zero-order valence-corrected chi connectivity index (χ0v) is 14.2. The van der Waals surface area contributed by atoms with Crippen LogP contribution in [0.5, 0.6) is 0 Å². The number of benzene rings is 1. The van der Waals surface area contributed by atoms with E-state index >= 15 is 0 Å². The van der Waals surface area contributed by atoms with Gasteiger partial charge in [0.15, 0.2) is 5.78 Å². The van der Waals surface area contributed by atoms with Crippen molar-refractivity contribution in [1.82, 2.24) is 4.40 Å².